The quantitative estimate of drug-likeness (QED) is 0.415. The van der Waals surface area contributed by atoms with Gasteiger partial charge in [-0.3, -0.25) is 4.99 Å². The standard InChI is InChI=1S/C21H36N4O/c1-16-8-10-17(11-9-16)19-18(7-6-14-26-19)15-24-20(22-5)23-12-13-25-21(2,3)4/h8-11,18-19,25H,6-7,12-15H2,1-5H3,(H2,22,23,24). The molecule has 1 fully saturated rings. The molecular weight excluding hydrogens is 324 g/mol. The molecule has 0 aromatic heterocycles. The van der Waals surface area contributed by atoms with Gasteiger partial charge in [-0.25, -0.2) is 0 Å². The molecule has 1 saturated heterocycles. The topological polar surface area (TPSA) is 57.7 Å². The van der Waals surface area contributed by atoms with E-state index in [-0.39, 0.29) is 11.6 Å². The predicted molar refractivity (Wildman–Crippen MR) is 110 cm³/mol. The Morgan fingerprint density at radius 1 is 1.15 bits per heavy atom. The molecule has 26 heavy (non-hydrogen) atoms. The fraction of sp³-hybridized carbons (Fsp3) is 0.667. The minimum absolute atomic E-state index is 0.138. The van der Waals surface area contributed by atoms with Gasteiger partial charge >= 0.3 is 0 Å². The molecule has 2 rings (SSSR count). The molecule has 2 unspecified atom stereocenters. The zero-order chi connectivity index (χ0) is 19.0. The van der Waals surface area contributed by atoms with Crippen LogP contribution in [0.5, 0.6) is 0 Å². The van der Waals surface area contributed by atoms with Crippen LogP contribution in [0.3, 0.4) is 0 Å². The summed E-state index contributed by atoms with van der Waals surface area (Å²) in [4.78, 5) is 4.34. The van der Waals surface area contributed by atoms with Crippen molar-refractivity contribution in [3.8, 4) is 0 Å². The van der Waals surface area contributed by atoms with Crippen LogP contribution in [0, 0.1) is 12.8 Å². The van der Waals surface area contributed by atoms with Crippen LogP contribution in [0.1, 0.15) is 50.8 Å². The van der Waals surface area contributed by atoms with Gasteiger partial charge in [-0.15, -0.1) is 0 Å². The third-order valence-electron chi connectivity index (χ3n) is 4.68. The van der Waals surface area contributed by atoms with Crippen LogP contribution < -0.4 is 16.0 Å². The summed E-state index contributed by atoms with van der Waals surface area (Å²) in [5.41, 5.74) is 2.70. The van der Waals surface area contributed by atoms with Gasteiger partial charge in [0.15, 0.2) is 5.96 Å². The van der Waals surface area contributed by atoms with Crippen LogP contribution >= 0.6 is 0 Å². The summed E-state index contributed by atoms with van der Waals surface area (Å²) in [5.74, 6) is 1.31. The highest BCUT2D eigenvalue weighted by molar-refractivity contribution is 5.79. The van der Waals surface area contributed by atoms with E-state index in [1.807, 2.05) is 7.05 Å². The maximum absolute atomic E-state index is 6.11. The first kappa shape index (κ1) is 20.7. The molecule has 1 aromatic rings. The Morgan fingerprint density at radius 3 is 2.54 bits per heavy atom. The van der Waals surface area contributed by atoms with E-state index in [9.17, 15) is 0 Å². The Morgan fingerprint density at radius 2 is 1.88 bits per heavy atom. The van der Waals surface area contributed by atoms with Crippen molar-refractivity contribution in [3.05, 3.63) is 35.4 Å². The van der Waals surface area contributed by atoms with Gasteiger partial charge in [0.1, 0.15) is 0 Å². The van der Waals surface area contributed by atoms with Gasteiger partial charge in [0, 0.05) is 44.7 Å². The Labute approximate surface area is 159 Å². The molecule has 0 amide bonds. The van der Waals surface area contributed by atoms with Crippen molar-refractivity contribution >= 4 is 5.96 Å². The first-order chi connectivity index (χ1) is 12.4. The van der Waals surface area contributed by atoms with Crippen LogP contribution in [0.4, 0.5) is 0 Å². The van der Waals surface area contributed by atoms with Crippen molar-refractivity contribution in [2.75, 3.05) is 33.3 Å². The van der Waals surface area contributed by atoms with Crippen molar-refractivity contribution in [3.63, 3.8) is 0 Å². The smallest absolute Gasteiger partial charge is 0.191 e. The summed E-state index contributed by atoms with van der Waals surface area (Å²) in [6, 6.07) is 8.73. The van der Waals surface area contributed by atoms with E-state index < -0.39 is 0 Å². The number of nitrogens with zero attached hydrogens (tertiary/aromatic N) is 1. The monoisotopic (exact) mass is 360 g/mol. The van der Waals surface area contributed by atoms with Crippen molar-refractivity contribution < 1.29 is 4.74 Å². The van der Waals surface area contributed by atoms with E-state index in [2.05, 4.69) is 72.9 Å². The second-order valence-corrected chi connectivity index (χ2v) is 8.16. The van der Waals surface area contributed by atoms with E-state index in [0.29, 0.717) is 5.92 Å². The average Bonchev–Trinajstić information content (AvgIpc) is 2.61. The number of hydrogen-bond donors (Lipinski definition) is 3. The summed E-state index contributed by atoms with van der Waals surface area (Å²) in [6.07, 6.45) is 2.46. The highest BCUT2D eigenvalue weighted by Crippen LogP contribution is 2.33. The number of guanidine groups is 1. The van der Waals surface area contributed by atoms with Gasteiger partial charge in [-0.2, -0.15) is 0 Å². The number of nitrogens with one attached hydrogen (secondary N) is 3. The number of aryl methyl sites for hydroxylation is 1. The lowest BCUT2D eigenvalue weighted by atomic mass is 9.89. The van der Waals surface area contributed by atoms with E-state index >= 15 is 0 Å². The van der Waals surface area contributed by atoms with Gasteiger partial charge in [0.05, 0.1) is 6.10 Å². The molecule has 5 heteroatoms. The van der Waals surface area contributed by atoms with Gasteiger partial charge < -0.3 is 20.7 Å². The first-order valence-corrected chi connectivity index (χ1v) is 9.77. The third kappa shape index (κ3) is 6.96. The second-order valence-electron chi connectivity index (χ2n) is 8.16. The molecule has 0 saturated carbocycles. The molecule has 0 bridgehead atoms. The molecule has 0 radical (unpaired) electrons. The maximum atomic E-state index is 6.11. The zero-order valence-electron chi connectivity index (χ0n) is 17.1. The molecular formula is C21H36N4O. The third-order valence-corrected chi connectivity index (χ3v) is 4.68. The minimum atomic E-state index is 0.138. The molecule has 146 valence electrons. The summed E-state index contributed by atoms with van der Waals surface area (Å²) in [7, 11) is 1.82. The Kier molecular flexibility index (Phi) is 7.91. The molecule has 1 aliphatic rings. The van der Waals surface area contributed by atoms with Gasteiger partial charge in [-0.05, 0) is 46.1 Å². The van der Waals surface area contributed by atoms with Crippen LogP contribution in [-0.2, 0) is 4.74 Å². The molecule has 1 heterocycles. The molecule has 0 aliphatic carbocycles. The van der Waals surface area contributed by atoms with E-state index in [1.54, 1.807) is 0 Å². The highest BCUT2D eigenvalue weighted by atomic mass is 16.5. The van der Waals surface area contributed by atoms with Crippen molar-refractivity contribution in [2.24, 2.45) is 10.9 Å². The van der Waals surface area contributed by atoms with Crippen LogP contribution in [0.25, 0.3) is 0 Å². The average molecular weight is 361 g/mol. The summed E-state index contributed by atoms with van der Waals surface area (Å²) >= 11 is 0. The van der Waals surface area contributed by atoms with Gasteiger partial charge in [-0.1, -0.05) is 29.8 Å². The minimum Gasteiger partial charge on any atom is -0.373 e. The Hall–Kier alpha value is -1.59. The van der Waals surface area contributed by atoms with E-state index in [0.717, 1.165) is 38.6 Å². The fourth-order valence-corrected chi connectivity index (χ4v) is 3.24. The lowest BCUT2D eigenvalue weighted by molar-refractivity contribution is -0.0265. The molecule has 3 N–H and O–H groups in total. The lowest BCUT2D eigenvalue weighted by Gasteiger charge is -2.32. The van der Waals surface area contributed by atoms with Crippen LogP contribution in [0.15, 0.2) is 29.3 Å². The Bertz CT molecular complexity index is 562. The number of aliphatic imine (C=N–C) groups is 1. The highest BCUT2D eigenvalue weighted by Gasteiger charge is 2.27. The molecule has 0 spiro atoms. The van der Waals surface area contributed by atoms with Gasteiger partial charge in [0.2, 0.25) is 0 Å². The van der Waals surface area contributed by atoms with Crippen molar-refractivity contribution in [2.45, 2.75) is 52.2 Å². The lowest BCUT2D eigenvalue weighted by Crippen LogP contribution is -2.46. The van der Waals surface area contributed by atoms with Crippen molar-refractivity contribution in [1.82, 2.24) is 16.0 Å². The van der Waals surface area contributed by atoms with Crippen LogP contribution in [-0.4, -0.2) is 44.8 Å². The summed E-state index contributed by atoms with van der Waals surface area (Å²) < 4.78 is 6.11. The molecule has 1 aromatic carbocycles. The summed E-state index contributed by atoms with van der Waals surface area (Å²) in [6.45, 7) is 12.1. The number of ether oxygens (including phenoxy) is 1. The normalized spacial score (nSPS) is 21.5. The zero-order valence-corrected chi connectivity index (χ0v) is 17.1. The maximum Gasteiger partial charge on any atom is 0.191 e. The SMILES string of the molecule is CN=C(NCCNC(C)(C)C)NCC1CCCOC1c1ccc(C)cc1. The van der Waals surface area contributed by atoms with E-state index in [1.165, 1.54) is 17.5 Å². The number of rotatable bonds is 6. The molecule has 2 atom stereocenters. The van der Waals surface area contributed by atoms with Crippen LogP contribution in [0.2, 0.25) is 0 Å². The Balaban J connectivity index is 1.83. The van der Waals surface area contributed by atoms with Gasteiger partial charge in [0.25, 0.3) is 0 Å². The molecule has 1 aliphatic heterocycles. The predicted octanol–water partition coefficient (Wildman–Crippen LogP) is 3.02. The largest absolute Gasteiger partial charge is 0.373 e. The summed E-state index contributed by atoms with van der Waals surface area (Å²) in [5, 5.41) is 10.3. The van der Waals surface area contributed by atoms with Crippen molar-refractivity contribution in [1.29, 1.82) is 0 Å². The number of hydrogen-bond acceptors (Lipinski definition) is 3. The van der Waals surface area contributed by atoms with E-state index in [4.69, 9.17) is 4.74 Å². The number of benzene rings is 1. The molecule has 5 nitrogen and oxygen atoms in total. The fourth-order valence-electron chi connectivity index (χ4n) is 3.24. The second kappa shape index (κ2) is 9.93. The first-order valence-electron chi connectivity index (χ1n) is 9.77.